The van der Waals surface area contributed by atoms with Crippen molar-refractivity contribution < 1.29 is 4.74 Å². The normalized spacial score (nSPS) is 10.2. The van der Waals surface area contributed by atoms with Crippen LogP contribution >= 0.6 is 0 Å². The molecule has 0 unspecified atom stereocenters. The lowest BCUT2D eigenvalue weighted by atomic mass is 10.1. The molecule has 0 aromatic heterocycles. The maximum Gasteiger partial charge on any atom is 0.122 e. The van der Waals surface area contributed by atoms with E-state index in [1.807, 2.05) is 18.2 Å². The third-order valence-corrected chi connectivity index (χ3v) is 2.84. The molecule has 0 N–H and O–H groups in total. The van der Waals surface area contributed by atoms with Crippen LogP contribution < -0.4 is 4.74 Å². The topological polar surface area (TPSA) is 9.23 Å². The van der Waals surface area contributed by atoms with Gasteiger partial charge in [-0.1, -0.05) is 55.5 Å². The fourth-order valence-corrected chi connectivity index (χ4v) is 1.86. The minimum absolute atomic E-state index is 0.737. The van der Waals surface area contributed by atoms with Crippen molar-refractivity contribution in [2.24, 2.45) is 0 Å². The van der Waals surface area contributed by atoms with Crippen LogP contribution in [-0.2, 0) is 12.8 Å². The second-order valence-corrected chi connectivity index (χ2v) is 4.05. The van der Waals surface area contributed by atoms with Crippen molar-refractivity contribution in [3.8, 4) is 5.75 Å². The number of aryl methyl sites for hydroxylation is 1. The average Bonchev–Trinajstić information content (AvgIpc) is 2.40. The molecule has 1 nitrogen and oxygen atoms in total. The van der Waals surface area contributed by atoms with Gasteiger partial charge in [-0.15, -0.1) is 0 Å². The van der Waals surface area contributed by atoms with Crippen molar-refractivity contribution in [3.05, 3.63) is 65.7 Å². The summed E-state index contributed by atoms with van der Waals surface area (Å²) in [6.07, 6.45) is 1.97. The van der Waals surface area contributed by atoms with E-state index in [0.29, 0.717) is 0 Å². The lowest BCUT2D eigenvalue weighted by Gasteiger charge is -2.10. The molecule has 0 aliphatic heterocycles. The first-order chi connectivity index (χ1) is 8.40. The minimum Gasteiger partial charge on any atom is -0.493 e. The van der Waals surface area contributed by atoms with Crippen LogP contribution in [0.25, 0.3) is 0 Å². The molecule has 0 saturated carbocycles. The Hall–Kier alpha value is -1.76. The summed E-state index contributed by atoms with van der Waals surface area (Å²) in [6, 6.07) is 18.7. The highest BCUT2D eigenvalue weighted by Crippen LogP contribution is 2.18. The number of benzene rings is 2. The van der Waals surface area contributed by atoms with Crippen LogP contribution in [0.3, 0.4) is 0 Å². The van der Waals surface area contributed by atoms with Gasteiger partial charge in [0.05, 0.1) is 6.61 Å². The summed E-state index contributed by atoms with van der Waals surface area (Å²) in [4.78, 5) is 0. The summed E-state index contributed by atoms with van der Waals surface area (Å²) in [5.41, 5.74) is 2.60. The van der Waals surface area contributed by atoms with Crippen LogP contribution in [0.1, 0.15) is 18.1 Å². The first-order valence-electron chi connectivity index (χ1n) is 6.15. The molecule has 0 fully saturated rings. The molecule has 0 spiro atoms. The zero-order valence-corrected chi connectivity index (χ0v) is 10.2. The smallest absolute Gasteiger partial charge is 0.122 e. The van der Waals surface area contributed by atoms with E-state index < -0.39 is 0 Å². The summed E-state index contributed by atoms with van der Waals surface area (Å²) in [6.45, 7) is 2.89. The van der Waals surface area contributed by atoms with Gasteiger partial charge < -0.3 is 4.74 Å². The van der Waals surface area contributed by atoms with E-state index >= 15 is 0 Å². The van der Waals surface area contributed by atoms with Crippen LogP contribution in [0.4, 0.5) is 0 Å². The quantitative estimate of drug-likeness (QED) is 0.752. The second-order valence-electron chi connectivity index (χ2n) is 4.05. The summed E-state index contributed by atoms with van der Waals surface area (Å²) >= 11 is 0. The average molecular weight is 226 g/mol. The standard InChI is InChI=1S/C16H18O/c1-2-15-10-6-7-11-16(15)17-13-12-14-8-4-3-5-9-14/h3-11H,2,12-13H2,1H3. The zero-order valence-electron chi connectivity index (χ0n) is 10.2. The van der Waals surface area contributed by atoms with E-state index in [-0.39, 0.29) is 0 Å². The molecular weight excluding hydrogens is 208 g/mol. The number of hydrogen-bond acceptors (Lipinski definition) is 1. The van der Waals surface area contributed by atoms with E-state index in [9.17, 15) is 0 Å². The van der Waals surface area contributed by atoms with Gasteiger partial charge in [0.1, 0.15) is 5.75 Å². The first-order valence-corrected chi connectivity index (χ1v) is 6.15. The second kappa shape index (κ2) is 6.09. The Morgan fingerprint density at radius 3 is 2.35 bits per heavy atom. The van der Waals surface area contributed by atoms with E-state index in [1.165, 1.54) is 11.1 Å². The molecule has 2 aromatic rings. The molecule has 2 aromatic carbocycles. The Balaban J connectivity index is 1.90. The minimum atomic E-state index is 0.737. The van der Waals surface area contributed by atoms with Crippen LogP contribution in [0.2, 0.25) is 0 Å². The van der Waals surface area contributed by atoms with E-state index in [1.54, 1.807) is 0 Å². The molecule has 0 amide bonds. The Morgan fingerprint density at radius 1 is 0.882 bits per heavy atom. The molecule has 17 heavy (non-hydrogen) atoms. The Labute approximate surface area is 103 Å². The third-order valence-electron chi connectivity index (χ3n) is 2.84. The fourth-order valence-electron chi connectivity index (χ4n) is 1.86. The highest BCUT2D eigenvalue weighted by Gasteiger charge is 2.00. The van der Waals surface area contributed by atoms with E-state index in [0.717, 1.165) is 25.2 Å². The Bertz CT molecular complexity index is 448. The molecule has 0 atom stereocenters. The number of ether oxygens (including phenoxy) is 1. The van der Waals surface area contributed by atoms with Crippen LogP contribution in [-0.4, -0.2) is 6.61 Å². The van der Waals surface area contributed by atoms with Gasteiger partial charge in [0.25, 0.3) is 0 Å². The van der Waals surface area contributed by atoms with E-state index in [2.05, 4.69) is 43.3 Å². The highest BCUT2D eigenvalue weighted by molar-refractivity contribution is 5.33. The van der Waals surface area contributed by atoms with Crippen LogP contribution in [0.15, 0.2) is 54.6 Å². The predicted molar refractivity (Wildman–Crippen MR) is 71.5 cm³/mol. The summed E-state index contributed by atoms with van der Waals surface area (Å²) in [5, 5.41) is 0. The molecule has 0 radical (unpaired) electrons. The first kappa shape index (κ1) is 11.7. The van der Waals surface area contributed by atoms with Gasteiger partial charge in [-0.05, 0) is 23.6 Å². The number of hydrogen-bond donors (Lipinski definition) is 0. The van der Waals surface area contributed by atoms with Crippen molar-refractivity contribution in [3.63, 3.8) is 0 Å². The van der Waals surface area contributed by atoms with Crippen LogP contribution in [0.5, 0.6) is 5.75 Å². The molecule has 0 bridgehead atoms. The van der Waals surface area contributed by atoms with Gasteiger partial charge in [-0.3, -0.25) is 0 Å². The van der Waals surface area contributed by atoms with Crippen molar-refractivity contribution in [1.29, 1.82) is 0 Å². The third kappa shape index (κ3) is 3.35. The van der Waals surface area contributed by atoms with Gasteiger partial charge in [0, 0.05) is 6.42 Å². The van der Waals surface area contributed by atoms with Crippen molar-refractivity contribution in [1.82, 2.24) is 0 Å². The molecule has 88 valence electrons. The molecule has 0 aliphatic carbocycles. The summed E-state index contributed by atoms with van der Waals surface area (Å²) in [5.74, 6) is 1.02. The van der Waals surface area contributed by atoms with Crippen molar-refractivity contribution >= 4 is 0 Å². The van der Waals surface area contributed by atoms with Gasteiger partial charge >= 0.3 is 0 Å². The van der Waals surface area contributed by atoms with Gasteiger partial charge in [-0.25, -0.2) is 0 Å². The maximum absolute atomic E-state index is 5.83. The van der Waals surface area contributed by atoms with Gasteiger partial charge in [0.15, 0.2) is 0 Å². The SMILES string of the molecule is CCc1ccccc1OCCc1ccccc1. The van der Waals surface area contributed by atoms with Crippen molar-refractivity contribution in [2.75, 3.05) is 6.61 Å². The fraction of sp³-hybridized carbons (Fsp3) is 0.250. The summed E-state index contributed by atoms with van der Waals surface area (Å²) < 4.78 is 5.83. The zero-order chi connectivity index (χ0) is 11.9. The van der Waals surface area contributed by atoms with Crippen LogP contribution in [0, 0.1) is 0 Å². The largest absolute Gasteiger partial charge is 0.493 e. The number of rotatable bonds is 5. The van der Waals surface area contributed by atoms with Gasteiger partial charge in [-0.2, -0.15) is 0 Å². The van der Waals surface area contributed by atoms with E-state index in [4.69, 9.17) is 4.74 Å². The number of para-hydroxylation sites is 1. The molecule has 0 heterocycles. The Morgan fingerprint density at radius 2 is 1.59 bits per heavy atom. The molecule has 0 aliphatic rings. The van der Waals surface area contributed by atoms with Crippen molar-refractivity contribution in [2.45, 2.75) is 19.8 Å². The Kier molecular flexibility index (Phi) is 4.20. The predicted octanol–water partition coefficient (Wildman–Crippen LogP) is 3.87. The highest BCUT2D eigenvalue weighted by atomic mass is 16.5. The molecule has 0 saturated heterocycles. The molecule has 1 heteroatoms. The lowest BCUT2D eigenvalue weighted by Crippen LogP contribution is -2.02. The summed E-state index contributed by atoms with van der Waals surface area (Å²) in [7, 11) is 0. The molecule has 2 rings (SSSR count). The maximum atomic E-state index is 5.83. The monoisotopic (exact) mass is 226 g/mol. The molecular formula is C16H18O. The van der Waals surface area contributed by atoms with Gasteiger partial charge in [0.2, 0.25) is 0 Å². The lowest BCUT2D eigenvalue weighted by molar-refractivity contribution is 0.319.